The lowest BCUT2D eigenvalue weighted by molar-refractivity contribution is 0.481. The highest BCUT2D eigenvalue weighted by Crippen LogP contribution is 2.30. The number of nitrogens with two attached hydrogens (primary N) is 1. The number of hydrogen-bond acceptors (Lipinski definition) is 3. The molecule has 0 bridgehead atoms. The predicted octanol–water partition coefficient (Wildman–Crippen LogP) is 3.42. The Kier molecular flexibility index (Phi) is 3.69. The maximum Gasteiger partial charge on any atom is 0.140 e. The molecule has 0 aliphatic heterocycles. The number of nitrogens with one attached hydrogen (secondary N) is 1. The van der Waals surface area contributed by atoms with Crippen molar-refractivity contribution >= 4 is 27.4 Å². The van der Waals surface area contributed by atoms with Crippen LogP contribution in [0.5, 0.6) is 0 Å². The molecule has 3 N–H and O–H groups in total. The second-order valence-electron chi connectivity index (χ2n) is 4.58. The molecule has 1 unspecified atom stereocenters. The summed E-state index contributed by atoms with van der Waals surface area (Å²) >= 11 is 3.48. The zero-order valence-electron chi connectivity index (χ0n) is 9.54. The van der Waals surface area contributed by atoms with Crippen LogP contribution in [0.3, 0.4) is 0 Å². The number of anilines is 2. The highest BCUT2D eigenvalue weighted by atomic mass is 79.9. The zero-order valence-corrected chi connectivity index (χ0v) is 11.1. The fraction of sp³-hybridized carbons (Fsp3) is 0.583. The SMILES string of the molecule is CC(Nc1ncc(N)cc1Br)C1CCCC1. The van der Waals surface area contributed by atoms with Gasteiger partial charge in [0.05, 0.1) is 16.4 Å². The van der Waals surface area contributed by atoms with Crippen molar-refractivity contribution < 1.29 is 0 Å². The molecule has 0 saturated heterocycles. The zero-order chi connectivity index (χ0) is 11.5. The number of rotatable bonds is 3. The molecule has 1 heterocycles. The van der Waals surface area contributed by atoms with E-state index in [1.807, 2.05) is 6.07 Å². The molecule has 1 fully saturated rings. The maximum absolute atomic E-state index is 5.66. The Morgan fingerprint density at radius 1 is 1.50 bits per heavy atom. The van der Waals surface area contributed by atoms with Gasteiger partial charge in [-0.2, -0.15) is 0 Å². The van der Waals surface area contributed by atoms with Gasteiger partial charge in [-0.1, -0.05) is 12.8 Å². The van der Waals surface area contributed by atoms with E-state index in [-0.39, 0.29) is 0 Å². The second kappa shape index (κ2) is 5.04. The first-order chi connectivity index (χ1) is 7.66. The molecule has 2 rings (SSSR count). The molecule has 0 aromatic carbocycles. The average molecular weight is 284 g/mol. The van der Waals surface area contributed by atoms with E-state index in [1.165, 1.54) is 25.7 Å². The van der Waals surface area contributed by atoms with Crippen LogP contribution in [0.25, 0.3) is 0 Å². The van der Waals surface area contributed by atoms with Gasteiger partial charge in [0, 0.05) is 6.04 Å². The number of nitrogen functional groups attached to an aromatic ring is 1. The molecule has 0 amide bonds. The molecule has 16 heavy (non-hydrogen) atoms. The van der Waals surface area contributed by atoms with Crippen LogP contribution in [0, 0.1) is 5.92 Å². The summed E-state index contributed by atoms with van der Waals surface area (Å²) in [6.45, 7) is 2.24. The van der Waals surface area contributed by atoms with Crippen molar-refractivity contribution in [3.8, 4) is 0 Å². The van der Waals surface area contributed by atoms with Crippen molar-refractivity contribution in [3.63, 3.8) is 0 Å². The monoisotopic (exact) mass is 283 g/mol. The van der Waals surface area contributed by atoms with E-state index in [0.717, 1.165) is 16.2 Å². The molecule has 0 radical (unpaired) electrons. The lowest BCUT2D eigenvalue weighted by atomic mass is 10.00. The molecule has 4 heteroatoms. The number of hydrogen-bond donors (Lipinski definition) is 2. The third-order valence-corrected chi connectivity index (χ3v) is 3.94. The summed E-state index contributed by atoms with van der Waals surface area (Å²) < 4.78 is 0.942. The first-order valence-corrected chi connectivity index (χ1v) is 6.63. The molecule has 0 spiro atoms. The van der Waals surface area contributed by atoms with Gasteiger partial charge >= 0.3 is 0 Å². The molecule has 3 nitrogen and oxygen atoms in total. The van der Waals surface area contributed by atoms with E-state index in [1.54, 1.807) is 6.20 Å². The fourth-order valence-corrected chi connectivity index (χ4v) is 2.83. The molecular formula is C12H18BrN3. The smallest absolute Gasteiger partial charge is 0.140 e. The topological polar surface area (TPSA) is 50.9 Å². The molecule has 1 atom stereocenters. The van der Waals surface area contributed by atoms with E-state index in [4.69, 9.17) is 5.73 Å². The fourth-order valence-electron chi connectivity index (χ4n) is 2.35. The van der Waals surface area contributed by atoms with Crippen LogP contribution in [0.4, 0.5) is 11.5 Å². The van der Waals surface area contributed by atoms with E-state index in [2.05, 4.69) is 33.2 Å². The number of aromatic nitrogens is 1. The van der Waals surface area contributed by atoms with Crippen molar-refractivity contribution in [2.75, 3.05) is 11.1 Å². The minimum Gasteiger partial charge on any atom is -0.397 e. The van der Waals surface area contributed by atoms with E-state index in [0.29, 0.717) is 11.7 Å². The van der Waals surface area contributed by atoms with E-state index >= 15 is 0 Å². The Balaban J connectivity index is 2.02. The quantitative estimate of drug-likeness (QED) is 0.894. The Hall–Kier alpha value is -0.770. The number of pyridine rings is 1. The van der Waals surface area contributed by atoms with Crippen LogP contribution in [-0.2, 0) is 0 Å². The molecule has 1 aliphatic rings. The van der Waals surface area contributed by atoms with Gasteiger partial charge in [0.2, 0.25) is 0 Å². The Morgan fingerprint density at radius 3 is 2.81 bits per heavy atom. The molecule has 88 valence electrons. The van der Waals surface area contributed by atoms with Gasteiger partial charge < -0.3 is 11.1 Å². The average Bonchev–Trinajstić information content (AvgIpc) is 2.75. The lowest BCUT2D eigenvalue weighted by Crippen LogP contribution is -2.24. The van der Waals surface area contributed by atoms with E-state index < -0.39 is 0 Å². The van der Waals surface area contributed by atoms with Crippen molar-refractivity contribution in [1.82, 2.24) is 4.98 Å². The first kappa shape index (κ1) is 11.7. The minimum absolute atomic E-state index is 0.481. The summed E-state index contributed by atoms with van der Waals surface area (Å²) in [6, 6.07) is 2.37. The number of nitrogens with zero attached hydrogens (tertiary/aromatic N) is 1. The van der Waals surface area contributed by atoms with Gasteiger partial charge in [-0.05, 0) is 47.7 Å². The minimum atomic E-state index is 0.481. The normalized spacial score (nSPS) is 18.6. The van der Waals surface area contributed by atoms with Crippen molar-refractivity contribution in [3.05, 3.63) is 16.7 Å². The highest BCUT2D eigenvalue weighted by Gasteiger charge is 2.22. The summed E-state index contributed by atoms with van der Waals surface area (Å²) in [6.07, 6.45) is 7.09. The van der Waals surface area contributed by atoms with Crippen LogP contribution in [0.15, 0.2) is 16.7 Å². The third-order valence-electron chi connectivity index (χ3n) is 3.33. The summed E-state index contributed by atoms with van der Waals surface area (Å²) in [5.41, 5.74) is 6.35. The molecule has 1 aromatic heterocycles. The van der Waals surface area contributed by atoms with Crippen molar-refractivity contribution in [2.24, 2.45) is 5.92 Å². The second-order valence-corrected chi connectivity index (χ2v) is 5.43. The van der Waals surface area contributed by atoms with Gasteiger partial charge in [0.25, 0.3) is 0 Å². The van der Waals surface area contributed by atoms with Crippen LogP contribution in [-0.4, -0.2) is 11.0 Å². The van der Waals surface area contributed by atoms with Crippen molar-refractivity contribution in [2.45, 2.75) is 38.6 Å². The van der Waals surface area contributed by atoms with Gasteiger partial charge in [0.1, 0.15) is 5.82 Å². The van der Waals surface area contributed by atoms with Crippen LogP contribution >= 0.6 is 15.9 Å². The summed E-state index contributed by atoms with van der Waals surface area (Å²) in [5.74, 6) is 1.68. The third kappa shape index (κ3) is 2.67. The Bertz CT molecular complexity index is 361. The molecule has 1 saturated carbocycles. The van der Waals surface area contributed by atoms with Gasteiger partial charge in [-0.15, -0.1) is 0 Å². The predicted molar refractivity (Wildman–Crippen MR) is 71.4 cm³/mol. The van der Waals surface area contributed by atoms with Crippen LogP contribution < -0.4 is 11.1 Å². The highest BCUT2D eigenvalue weighted by molar-refractivity contribution is 9.10. The van der Waals surface area contributed by atoms with Crippen LogP contribution in [0.2, 0.25) is 0 Å². The summed E-state index contributed by atoms with van der Waals surface area (Å²) in [5, 5.41) is 3.47. The summed E-state index contributed by atoms with van der Waals surface area (Å²) in [7, 11) is 0. The largest absolute Gasteiger partial charge is 0.397 e. The maximum atomic E-state index is 5.66. The Labute approximate surface area is 105 Å². The standard InChI is InChI=1S/C12H18BrN3/c1-8(9-4-2-3-5-9)16-12-11(13)6-10(14)7-15-12/h6-9H,2-5,14H2,1H3,(H,15,16). The molecular weight excluding hydrogens is 266 g/mol. The lowest BCUT2D eigenvalue weighted by Gasteiger charge is -2.21. The van der Waals surface area contributed by atoms with Crippen LogP contribution in [0.1, 0.15) is 32.6 Å². The van der Waals surface area contributed by atoms with Gasteiger partial charge in [-0.25, -0.2) is 4.98 Å². The van der Waals surface area contributed by atoms with Crippen molar-refractivity contribution in [1.29, 1.82) is 0 Å². The van der Waals surface area contributed by atoms with Gasteiger partial charge in [0.15, 0.2) is 0 Å². The van der Waals surface area contributed by atoms with Gasteiger partial charge in [-0.3, -0.25) is 0 Å². The summed E-state index contributed by atoms with van der Waals surface area (Å²) in [4.78, 5) is 4.31. The molecule has 1 aromatic rings. The Morgan fingerprint density at radius 2 is 2.19 bits per heavy atom. The first-order valence-electron chi connectivity index (χ1n) is 5.84. The van der Waals surface area contributed by atoms with E-state index in [9.17, 15) is 0 Å². The molecule has 1 aliphatic carbocycles. The number of halogens is 1.